The topological polar surface area (TPSA) is 68.5 Å². The van der Waals surface area contributed by atoms with E-state index in [2.05, 4.69) is 15.4 Å². The van der Waals surface area contributed by atoms with Crippen molar-refractivity contribution < 1.29 is 27.1 Å². The summed E-state index contributed by atoms with van der Waals surface area (Å²) in [5.74, 6) is -1.12. The number of ether oxygens (including phenoxy) is 1. The number of amides is 1. The van der Waals surface area contributed by atoms with E-state index in [0.29, 0.717) is 16.7 Å². The van der Waals surface area contributed by atoms with Crippen molar-refractivity contribution in [2.24, 2.45) is 0 Å². The zero-order chi connectivity index (χ0) is 20.6. The summed E-state index contributed by atoms with van der Waals surface area (Å²) in [7, 11) is 0. The van der Waals surface area contributed by atoms with E-state index in [4.69, 9.17) is 4.74 Å². The van der Waals surface area contributed by atoms with Crippen molar-refractivity contribution in [2.45, 2.75) is 25.1 Å². The van der Waals surface area contributed by atoms with E-state index in [1.54, 1.807) is 0 Å². The number of benzene rings is 1. The molecule has 29 heavy (non-hydrogen) atoms. The molecule has 0 bridgehead atoms. The van der Waals surface area contributed by atoms with Crippen LogP contribution < -0.4 is 5.32 Å². The second-order valence-electron chi connectivity index (χ2n) is 6.68. The molecule has 1 saturated heterocycles. The van der Waals surface area contributed by atoms with Gasteiger partial charge in [-0.25, -0.2) is 13.9 Å². The molecule has 152 valence electrons. The van der Waals surface area contributed by atoms with Crippen LogP contribution in [0.25, 0.3) is 16.9 Å². The Morgan fingerprint density at radius 3 is 2.66 bits per heavy atom. The molecule has 2 aromatic heterocycles. The summed E-state index contributed by atoms with van der Waals surface area (Å²) in [5.41, 5.74) is -1.10. The van der Waals surface area contributed by atoms with Gasteiger partial charge < -0.3 is 10.1 Å². The molecule has 10 heteroatoms. The first-order valence-corrected chi connectivity index (χ1v) is 8.95. The predicted molar refractivity (Wildman–Crippen MR) is 94.7 cm³/mol. The average molecular weight is 408 g/mol. The maximum Gasteiger partial charge on any atom is 0.433 e. The summed E-state index contributed by atoms with van der Waals surface area (Å²) in [6, 6.07) is 6.94. The number of alkyl halides is 3. The predicted octanol–water partition coefficient (Wildman–Crippen LogP) is 3.46. The fourth-order valence-corrected chi connectivity index (χ4v) is 3.16. The molecule has 1 aliphatic heterocycles. The van der Waals surface area contributed by atoms with Gasteiger partial charge in [-0.2, -0.15) is 18.3 Å². The third-order valence-electron chi connectivity index (χ3n) is 4.60. The van der Waals surface area contributed by atoms with Crippen molar-refractivity contribution in [2.75, 3.05) is 13.2 Å². The average Bonchev–Trinajstić information content (AvgIpc) is 3.34. The second kappa shape index (κ2) is 7.43. The first-order chi connectivity index (χ1) is 13.8. The number of rotatable bonds is 4. The summed E-state index contributed by atoms with van der Waals surface area (Å²) in [5, 5.41) is 6.42. The SMILES string of the molecule is O=C(NCC1CCCO1)c1cc2nc(-c3ccc(F)cc3)cc(C(F)(F)F)n2n1. The molecule has 0 aliphatic carbocycles. The Balaban J connectivity index is 1.70. The molecule has 0 radical (unpaired) electrons. The van der Waals surface area contributed by atoms with Crippen LogP contribution in [-0.2, 0) is 10.9 Å². The highest BCUT2D eigenvalue weighted by atomic mass is 19.4. The molecule has 1 aliphatic rings. The van der Waals surface area contributed by atoms with E-state index in [0.717, 1.165) is 31.0 Å². The molecule has 1 fully saturated rings. The molecule has 1 aromatic carbocycles. The molecule has 4 rings (SSSR count). The van der Waals surface area contributed by atoms with E-state index < -0.39 is 23.6 Å². The molecule has 1 unspecified atom stereocenters. The lowest BCUT2D eigenvalue weighted by molar-refractivity contribution is -0.142. The summed E-state index contributed by atoms with van der Waals surface area (Å²) in [6.07, 6.45) is -3.12. The molecule has 1 N–H and O–H groups in total. The number of fused-ring (bicyclic) bond motifs is 1. The van der Waals surface area contributed by atoms with Crippen molar-refractivity contribution in [3.63, 3.8) is 0 Å². The molecule has 0 saturated carbocycles. The smallest absolute Gasteiger partial charge is 0.376 e. The minimum atomic E-state index is -4.73. The van der Waals surface area contributed by atoms with Gasteiger partial charge in [0.1, 0.15) is 5.82 Å². The van der Waals surface area contributed by atoms with Gasteiger partial charge in [0.2, 0.25) is 0 Å². The molecule has 6 nitrogen and oxygen atoms in total. The summed E-state index contributed by atoms with van der Waals surface area (Å²) in [6.45, 7) is 0.882. The number of hydrogen-bond acceptors (Lipinski definition) is 4. The van der Waals surface area contributed by atoms with E-state index in [9.17, 15) is 22.4 Å². The Bertz CT molecular complexity index is 1040. The molecular formula is C19H16F4N4O2. The zero-order valence-electron chi connectivity index (χ0n) is 15.0. The van der Waals surface area contributed by atoms with Gasteiger partial charge in [-0.1, -0.05) is 0 Å². The van der Waals surface area contributed by atoms with Crippen molar-refractivity contribution in [1.29, 1.82) is 0 Å². The summed E-state index contributed by atoms with van der Waals surface area (Å²) in [4.78, 5) is 16.5. The van der Waals surface area contributed by atoms with Gasteiger partial charge in [0, 0.05) is 24.8 Å². The number of nitrogens with zero attached hydrogens (tertiary/aromatic N) is 3. The van der Waals surface area contributed by atoms with Gasteiger partial charge in [0.05, 0.1) is 11.8 Å². The normalized spacial score (nSPS) is 17.0. The van der Waals surface area contributed by atoms with Crippen LogP contribution in [0.2, 0.25) is 0 Å². The lowest BCUT2D eigenvalue weighted by Gasteiger charge is -2.11. The number of halogens is 4. The van der Waals surface area contributed by atoms with E-state index >= 15 is 0 Å². The van der Waals surface area contributed by atoms with Gasteiger partial charge in [-0.05, 0) is 43.2 Å². The maximum absolute atomic E-state index is 13.6. The van der Waals surface area contributed by atoms with Crippen LogP contribution in [0.4, 0.5) is 17.6 Å². The van der Waals surface area contributed by atoms with Crippen LogP contribution in [0.3, 0.4) is 0 Å². The van der Waals surface area contributed by atoms with Crippen LogP contribution in [0.1, 0.15) is 29.0 Å². The zero-order valence-corrected chi connectivity index (χ0v) is 15.0. The molecule has 3 aromatic rings. The lowest BCUT2D eigenvalue weighted by Crippen LogP contribution is -2.32. The Hall–Kier alpha value is -3.01. The minimum absolute atomic E-state index is 0.00367. The monoisotopic (exact) mass is 408 g/mol. The first-order valence-electron chi connectivity index (χ1n) is 8.95. The Labute approximate surface area is 162 Å². The second-order valence-corrected chi connectivity index (χ2v) is 6.68. The highest BCUT2D eigenvalue weighted by molar-refractivity contribution is 5.93. The van der Waals surface area contributed by atoms with Crippen molar-refractivity contribution in [3.8, 4) is 11.3 Å². The number of carbonyl (C=O) groups is 1. The third kappa shape index (κ3) is 4.07. The quantitative estimate of drug-likeness (QED) is 0.672. The maximum atomic E-state index is 13.6. The Morgan fingerprint density at radius 1 is 1.24 bits per heavy atom. The molecular weight excluding hydrogens is 392 g/mol. The Morgan fingerprint density at radius 2 is 2.00 bits per heavy atom. The van der Waals surface area contributed by atoms with E-state index in [-0.39, 0.29) is 29.7 Å². The molecule has 1 atom stereocenters. The number of aromatic nitrogens is 3. The molecule has 0 spiro atoms. The van der Waals surface area contributed by atoms with Crippen molar-refractivity contribution in [3.05, 3.63) is 53.6 Å². The standard InChI is InChI=1S/C19H16F4N4O2/c20-12-5-3-11(4-6-12)14-8-16(19(21,22)23)27-17(25-14)9-15(26-27)18(28)24-10-13-2-1-7-29-13/h3-6,8-9,13H,1-2,7,10H2,(H,24,28). The van der Waals surface area contributed by atoms with Gasteiger partial charge in [0.15, 0.2) is 17.0 Å². The summed E-state index contributed by atoms with van der Waals surface area (Å²) < 4.78 is 59.9. The summed E-state index contributed by atoms with van der Waals surface area (Å²) >= 11 is 0. The highest BCUT2D eigenvalue weighted by Gasteiger charge is 2.35. The van der Waals surface area contributed by atoms with Crippen LogP contribution in [0.5, 0.6) is 0 Å². The van der Waals surface area contributed by atoms with Crippen LogP contribution in [0.15, 0.2) is 36.4 Å². The van der Waals surface area contributed by atoms with E-state index in [1.807, 2.05) is 0 Å². The van der Waals surface area contributed by atoms with E-state index in [1.165, 1.54) is 18.2 Å². The molecule has 3 heterocycles. The highest BCUT2D eigenvalue weighted by Crippen LogP contribution is 2.32. The fourth-order valence-electron chi connectivity index (χ4n) is 3.16. The van der Waals surface area contributed by atoms with Gasteiger partial charge in [0.25, 0.3) is 5.91 Å². The minimum Gasteiger partial charge on any atom is -0.376 e. The number of hydrogen-bond donors (Lipinski definition) is 1. The van der Waals surface area contributed by atoms with Gasteiger partial charge in [-0.15, -0.1) is 0 Å². The Kier molecular flexibility index (Phi) is 4.95. The van der Waals surface area contributed by atoms with Crippen molar-refractivity contribution in [1.82, 2.24) is 19.9 Å². The van der Waals surface area contributed by atoms with Gasteiger partial charge in [-0.3, -0.25) is 4.79 Å². The fraction of sp³-hybridized carbons (Fsp3) is 0.316. The molecule has 1 amide bonds. The lowest BCUT2D eigenvalue weighted by atomic mass is 10.1. The van der Waals surface area contributed by atoms with Crippen molar-refractivity contribution >= 4 is 11.6 Å². The number of nitrogens with one attached hydrogen (secondary N) is 1. The third-order valence-corrected chi connectivity index (χ3v) is 4.60. The number of carbonyl (C=O) groups excluding carboxylic acids is 1. The van der Waals surface area contributed by atoms with Gasteiger partial charge >= 0.3 is 6.18 Å². The largest absolute Gasteiger partial charge is 0.433 e. The van der Waals surface area contributed by atoms with Crippen LogP contribution in [-0.4, -0.2) is 39.8 Å². The first kappa shape index (κ1) is 19.3. The van der Waals surface area contributed by atoms with Crippen LogP contribution in [0, 0.1) is 5.82 Å². The van der Waals surface area contributed by atoms with Crippen LogP contribution >= 0.6 is 0 Å².